The molecule has 0 saturated heterocycles. The third kappa shape index (κ3) is 6.67. The molecule has 0 atom stereocenters. The maximum Gasteiger partial charge on any atom is 0.239 e. The van der Waals surface area contributed by atoms with Crippen LogP contribution in [0.3, 0.4) is 0 Å². The van der Waals surface area contributed by atoms with Crippen molar-refractivity contribution < 1.29 is 14.3 Å². The fourth-order valence-corrected chi connectivity index (χ4v) is 2.48. The van der Waals surface area contributed by atoms with Crippen molar-refractivity contribution in [2.24, 2.45) is 0 Å². The highest BCUT2D eigenvalue weighted by Crippen LogP contribution is 2.17. The van der Waals surface area contributed by atoms with Crippen LogP contribution >= 0.6 is 0 Å². The van der Waals surface area contributed by atoms with E-state index < -0.39 is 0 Å². The average Bonchev–Trinajstić information content (AvgIpc) is 2.66. The molecule has 0 spiro atoms. The molecule has 0 aliphatic carbocycles. The summed E-state index contributed by atoms with van der Waals surface area (Å²) < 4.78 is 5.28. The van der Waals surface area contributed by atoms with E-state index in [2.05, 4.69) is 10.6 Å². The van der Waals surface area contributed by atoms with E-state index in [1.165, 1.54) is 0 Å². The van der Waals surface area contributed by atoms with Crippen molar-refractivity contribution in [3.8, 4) is 5.75 Å². The van der Waals surface area contributed by atoms with Gasteiger partial charge in [0.25, 0.3) is 0 Å². The van der Waals surface area contributed by atoms with Gasteiger partial charge in [0, 0.05) is 13.0 Å². The number of amides is 2. The third-order valence-electron chi connectivity index (χ3n) is 3.84. The summed E-state index contributed by atoms with van der Waals surface area (Å²) in [4.78, 5) is 23.6. The van der Waals surface area contributed by atoms with Gasteiger partial charge in [0.1, 0.15) is 5.75 Å². The smallest absolute Gasteiger partial charge is 0.239 e. The molecule has 2 amide bonds. The van der Waals surface area contributed by atoms with Crippen LogP contribution in [-0.2, 0) is 22.4 Å². The molecule has 0 heterocycles. The normalized spacial score (nSPS) is 10.1. The van der Waals surface area contributed by atoms with Gasteiger partial charge in [-0.3, -0.25) is 9.59 Å². The highest BCUT2D eigenvalue weighted by molar-refractivity contribution is 5.84. The van der Waals surface area contributed by atoms with Crippen molar-refractivity contribution in [2.45, 2.75) is 19.3 Å². The minimum absolute atomic E-state index is 0.000449. The highest BCUT2D eigenvalue weighted by atomic mass is 16.5. The first-order valence-electron chi connectivity index (χ1n) is 8.38. The van der Waals surface area contributed by atoms with Crippen molar-refractivity contribution in [1.82, 2.24) is 10.6 Å². The number of benzene rings is 2. The van der Waals surface area contributed by atoms with E-state index in [1.807, 2.05) is 54.6 Å². The molecular weight excluding hydrogens is 316 g/mol. The van der Waals surface area contributed by atoms with Gasteiger partial charge in [-0.05, 0) is 30.0 Å². The molecule has 0 aliphatic heterocycles. The number of hydrogen-bond acceptors (Lipinski definition) is 3. The minimum Gasteiger partial charge on any atom is -0.496 e. The van der Waals surface area contributed by atoms with E-state index in [4.69, 9.17) is 4.74 Å². The van der Waals surface area contributed by atoms with E-state index in [0.717, 1.165) is 16.9 Å². The van der Waals surface area contributed by atoms with Crippen molar-refractivity contribution in [2.75, 3.05) is 20.2 Å². The average molecular weight is 340 g/mol. The van der Waals surface area contributed by atoms with Gasteiger partial charge in [-0.25, -0.2) is 0 Å². The maximum absolute atomic E-state index is 11.8. The monoisotopic (exact) mass is 340 g/mol. The Morgan fingerprint density at radius 1 is 0.880 bits per heavy atom. The zero-order valence-corrected chi connectivity index (χ0v) is 14.5. The van der Waals surface area contributed by atoms with Gasteiger partial charge in [0.15, 0.2) is 0 Å². The van der Waals surface area contributed by atoms with Gasteiger partial charge in [0.2, 0.25) is 11.8 Å². The molecule has 0 bridgehead atoms. The summed E-state index contributed by atoms with van der Waals surface area (Å²) in [6, 6.07) is 17.5. The van der Waals surface area contributed by atoms with Crippen LogP contribution in [0.1, 0.15) is 17.5 Å². The van der Waals surface area contributed by atoms with Gasteiger partial charge in [0.05, 0.1) is 13.7 Å². The van der Waals surface area contributed by atoms with Crippen LogP contribution in [0.15, 0.2) is 54.6 Å². The molecule has 25 heavy (non-hydrogen) atoms. The number of methoxy groups -OCH3 is 1. The molecule has 0 aromatic heterocycles. The highest BCUT2D eigenvalue weighted by Gasteiger charge is 2.07. The third-order valence-corrected chi connectivity index (χ3v) is 3.84. The van der Waals surface area contributed by atoms with E-state index in [-0.39, 0.29) is 18.4 Å². The first-order chi connectivity index (χ1) is 12.2. The number of ether oxygens (including phenoxy) is 1. The predicted octanol–water partition coefficient (Wildman–Crippen LogP) is 2.10. The van der Waals surface area contributed by atoms with E-state index in [0.29, 0.717) is 25.8 Å². The van der Waals surface area contributed by atoms with Crippen LogP contribution in [-0.4, -0.2) is 32.0 Å². The summed E-state index contributed by atoms with van der Waals surface area (Å²) in [5.41, 5.74) is 2.15. The summed E-state index contributed by atoms with van der Waals surface area (Å²) >= 11 is 0. The summed E-state index contributed by atoms with van der Waals surface area (Å²) in [5, 5.41) is 5.45. The van der Waals surface area contributed by atoms with Crippen LogP contribution in [0, 0.1) is 0 Å². The molecule has 0 radical (unpaired) electrons. The first-order valence-corrected chi connectivity index (χ1v) is 8.38. The standard InChI is InChI=1S/C20H24N2O3/c1-25-18-10-6-5-9-17(18)13-14-21-20(24)15-22-19(23)12-11-16-7-3-2-4-8-16/h2-10H,11-15H2,1H3,(H,21,24)(H,22,23). The van der Waals surface area contributed by atoms with E-state index in [1.54, 1.807) is 7.11 Å². The molecule has 2 rings (SSSR count). The molecule has 132 valence electrons. The lowest BCUT2D eigenvalue weighted by atomic mass is 10.1. The molecule has 2 aromatic rings. The van der Waals surface area contributed by atoms with Gasteiger partial charge in [-0.2, -0.15) is 0 Å². The SMILES string of the molecule is COc1ccccc1CCNC(=O)CNC(=O)CCc1ccccc1. The number of carbonyl (C=O) groups excluding carboxylic acids is 2. The van der Waals surface area contributed by atoms with E-state index >= 15 is 0 Å². The lowest BCUT2D eigenvalue weighted by molar-refractivity contribution is -0.126. The van der Waals surface area contributed by atoms with Crippen LogP contribution in [0.5, 0.6) is 5.75 Å². The van der Waals surface area contributed by atoms with E-state index in [9.17, 15) is 9.59 Å². The fraction of sp³-hybridized carbons (Fsp3) is 0.300. The van der Waals surface area contributed by atoms with Gasteiger partial charge >= 0.3 is 0 Å². The maximum atomic E-state index is 11.8. The molecule has 0 aliphatic rings. The van der Waals surface area contributed by atoms with Crippen LogP contribution in [0.4, 0.5) is 0 Å². The van der Waals surface area contributed by atoms with Crippen LogP contribution in [0.2, 0.25) is 0 Å². The quantitative estimate of drug-likeness (QED) is 0.735. The zero-order valence-electron chi connectivity index (χ0n) is 14.5. The summed E-state index contributed by atoms with van der Waals surface area (Å²) in [6.07, 6.45) is 1.72. The second-order valence-electron chi connectivity index (χ2n) is 5.67. The Labute approximate surface area is 148 Å². The summed E-state index contributed by atoms with van der Waals surface area (Å²) in [7, 11) is 1.63. The van der Waals surface area contributed by atoms with Crippen molar-refractivity contribution in [3.63, 3.8) is 0 Å². The molecule has 5 nitrogen and oxygen atoms in total. The molecular formula is C20H24N2O3. The predicted molar refractivity (Wildman–Crippen MR) is 97.5 cm³/mol. The molecule has 5 heteroatoms. The summed E-state index contributed by atoms with van der Waals surface area (Å²) in [5.74, 6) is 0.498. The molecule has 0 saturated carbocycles. The Morgan fingerprint density at radius 2 is 1.60 bits per heavy atom. The lowest BCUT2D eigenvalue weighted by Gasteiger charge is -2.09. The fourth-order valence-electron chi connectivity index (χ4n) is 2.48. The second-order valence-corrected chi connectivity index (χ2v) is 5.67. The van der Waals surface area contributed by atoms with Crippen LogP contribution < -0.4 is 15.4 Å². The second kappa shape index (κ2) is 10.1. The first kappa shape index (κ1) is 18.5. The zero-order chi connectivity index (χ0) is 17.9. The van der Waals surface area contributed by atoms with Gasteiger partial charge in [-0.1, -0.05) is 48.5 Å². The number of hydrogen-bond donors (Lipinski definition) is 2. The Kier molecular flexibility index (Phi) is 7.50. The largest absolute Gasteiger partial charge is 0.496 e. The number of para-hydroxylation sites is 1. The van der Waals surface area contributed by atoms with Crippen molar-refractivity contribution >= 4 is 11.8 Å². The lowest BCUT2D eigenvalue weighted by Crippen LogP contribution is -2.37. The number of rotatable bonds is 9. The van der Waals surface area contributed by atoms with Crippen molar-refractivity contribution in [3.05, 3.63) is 65.7 Å². The van der Waals surface area contributed by atoms with Gasteiger partial charge in [-0.15, -0.1) is 0 Å². The van der Waals surface area contributed by atoms with Gasteiger partial charge < -0.3 is 15.4 Å². The Bertz CT molecular complexity index is 686. The number of aryl methyl sites for hydroxylation is 1. The topological polar surface area (TPSA) is 67.4 Å². The molecule has 2 aromatic carbocycles. The van der Waals surface area contributed by atoms with Crippen LogP contribution in [0.25, 0.3) is 0 Å². The van der Waals surface area contributed by atoms with Crippen molar-refractivity contribution in [1.29, 1.82) is 0 Å². The Balaban J connectivity index is 1.62. The Hall–Kier alpha value is -2.82. The number of carbonyl (C=O) groups is 2. The number of nitrogens with one attached hydrogen (secondary N) is 2. The molecule has 0 unspecified atom stereocenters. The molecule has 0 fully saturated rings. The molecule has 2 N–H and O–H groups in total. The Morgan fingerprint density at radius 3 is 2.36 bits per heavy atom. The summed E-state index contributed by atoms with van der Waals surface area (Å²) in [6.45, 7) is 0.499. The minimum atomic E-state index is -0.192.